The number of rotatable bonds is 5. The van der Waals surface area contributed by atoms with Crippen LogP contribution in [0.25, 0.3) is 43.4 Å². The molecule has 8 nitrogen and oxygen atoms in total. The molecular weight excluding hydrogens is 486 g/mol. The molecule has 0 saturated heterocycles. The molecule has 3 aromatic heterocycles. The zero-order chi connectivity index (χ0) is 25.5. The predicted molar refractivity (Wildman–Crippen MR) is 145 cm³/mol. The minimum Gasteiger partial charge on any atom is -0.497 e. The molecule has 3 aromatic carbocycles. The molecule has 9 heteroatoms. The summed E-state index contributed by atoms with van der Waals surface area (Å²) in [7, 11) is 3.33. The Bertz CT molecular complexity index is 1780. The fourth-order valence-electron chi connectivity index (χ4n) is 4.42. The van der Waals surface area contributed by atoms with Crippen LogP contribution in [0.1, 0.15) is 9.67 Å². The van der Waals surface area contributed by atoms with Gasteiger partial charge in [0.25, 0.3) is 12.1 Å². The first-order valence-corrected chi connectivity index (χ1v) is 12.3. The van der Waals surface area contributed by atoms with Crippen molar-refractivity contribution in [1.82, 2.24) is 10.3 Å². The zero-order valence-electron chi connectivity index (χ0n) is 20.1. The number of aromatic nitrogens is 3. The fraction of sp³-hybridized carbons (Fsp3) is 0.0714. The highest BCUT2D eigenvalue weighted by Crippen LogP contribution is 2.42. The molecule has 0 fully saturated rings. The summed E-state index contributed by atoms with van der Waals surface area (Å²) in [6.45, 7) is 0. The van der Waals surface area contributed by atoms with E-state index in [-0.39, 0.29) is 11.8 Å². The van der Waals surface area contributed by atoms with Gasteiger partial charge in [0.15, 0.2) is 12.3 Å². The van der Waals surface area contributed by atoms with Gasteiger partial charge in [0.1, 0.15) is 15.5 Å². The molecule has 1 amide bonds. The van der Waals surface area contributed by atoms with Crippen LogP contribution in [0.2, 0.25) is 0 Å². The summed E-state index contributed by atoms with van der Waals surface area (Å²) in [6, 6.07) is 24.2. The first-order chi connectivity index (χ1) is 18.0. The Morgan fingerprint density at radius 3 is 2.59 bits per heavy atom. The maximum absolute atomic E-state index is 13.2. The summed E-state index contributed by atoms with van der Waals surface area (Å²) < 4.78 is 11.9. The van der Waals surface area contributed by atoms with E-state index in [2.05, 4.69) is 34.9 Å². The van der Waals surface area contributed by atoms with Crippen LogP contribution in [0.15, 0.2) is 83.5 Å². The monoisotopic (exact) mass is 508 g/mol. The van der Waals surface area contributed by atoms with Crippen LogP contribution in [-0.2, 0) is 7.05 Å². The number of nitrogen functional groups attached to an aromatic ring is 1. The number of nitrogens with two attached hydrogens (primary N) is 1. The van der Waals surface area contributed by atoms with Crippen molar-refractivity contribution in [1.29, 1.82) is 0 Å². The largest absolute Gasteiger partial charge is 0.497 e. The average Bonchev–Trinajstić information content (AvgIpc) is 3.49. The highest BCUT2D eigenvalue weighted by Gasteiger charge is 2.23. The third-order valence-electron chi connectivity index (χ3n) is 6.18. The van der Waals surface area contributed by atoms with Gasteiger partial charge >= 0.3 is 5.88 Å². The molecule has 0 aliphatic heterocycles. The van der Waals surface area contributed by atoms with E-state index in [0.29, 0.717) is 15.4 Å². The summed E-state index contributed by atoms with van der Waals surface area (Å²) in [5.41, 5.74) is 10.6. The van der Waals surface area contributed by atoms with Gasteiger partial charge in [-0.25, -0.2) is 4.98 Å². The quantitative estimate of drug-likeness (QED) is 0.300. The number of aryl methyl sites for hydroxylation is 1. The first kappa shape index (κ1) is 22.7. The molecule has 3 N–H and O–H groups in total. The van der Waals surface area contributed by atoms with Gasteiger partial charge in [-0.3, -0.25) is 14.6 Å². The fourth-order valence-corrected chi connectivity index (χ4v) is 5.44. The Morgan fingerprint density at radius 2 is 1.84 bits per heavy atom. The minimum atomic E-state index is -0.385. The molecule has 0 saturated carbocycles. The number of benzene rings is 3. The summed E-state index contributed by atoms with van der Waals surface area (Å²) in [4.78, 5) is 19.2. The Kier molecular flexibility index (Phi) is 5.54. The number of pyridine rings is 1. The van der Waals surface area contributed by atoms with E-state index in [1.807, 2.05) is 48.5 Å². The number of methoxy groups -OCH3 is 1. The Labute approximate surface area is 215 Å². The van der Waals surface area contributed by atoms with E-state index in [0.717, 1.165) is 44.3 Å². The number of anilines is 2. The summed E-state index contributed by atoms with van der Waals surface area (Å²) in [5, 5.41) is 9.41. The standard InChI is InChI=1S/C28H21N5O3S/c1-33-15-23(36-32-33)31-27(34)26-25(29)24-21(17-10-12-18(35-2)13-11-17)14-22(30-28(24)37-26)20-9-5-7-16-6-3-4-8-19(16)20/h3-15H,1-2H3,(H2-,29,31,32,34)/p+1. The number of hydrogen-bond donors (Lipinski definition) is 2. The second-order valence-electron chi connectivity index (χ2n) is 8.53. The number of thiophene rings is 1. The van der Waals surface area contributed by atoms with Crippen molar-refractivity contribution in [3.05, 3.63) is 83.9 Å². The lowest BCUT2D eigenvalue weighted by Crippen LogP contribution is -2.28. The number of fused-ring (bicyclic) bond motifs is 2. The van der Waals surface area contributed by atoms with Crippen LogP contribution < -0.4 is 20.5 Å². The third kappa shape index (κ3) is 4.05. The topological polar surface area (TPSA) is 107 Å². The van der Waals surface area contributed by atoms with Gasteiger partial charge in [0.05, 0.1) is 18.5 Å². The van der Waals surface area contributed by atoms with E-state index in [4.69, 9.17) is 20.0 Å². The van der Waals surface area contributed by atoms with Gasteiger partial charge in [-0.15, -0.1) is 11.3 Å². The van der Waals surface area contributed by atoms with Gasteiger partial charge in [-0.2, -0.15) is 0 Å². The minimum absolute atomic E-state index is 0.226. The van der Waals surface area contributed by atoms with Crippen molar-refractivity contribution >= 4 is 49.8 Å². The number of ether oxygens (including phenoxy) is 1. The SMILES string of the molecule is COc1ccc(-c2cc(-c3cccc4ccccc34)nc3sc(C(=O)Nc4c[n+](C)no4)c(N)c23)cc1. The maximum atomic E-state index is 13.2. The number of carbonyl (C=O) groups is 1. The molecule has 6 aromatic rings. The van der Waals surface area contributed by atoms with Gasteiger partial charge < -0.3 is 10.5 Å². The lowest BCUT2D eigenvalue weighted by molar-refractivity contribution is -0.739. The van der Waals surface area contributed by atoms with Gasteiger partial charge in [0.2, 0.25) is 0 Å². The summed E-state index contributed by atoms with van der Waals surface area (Å²) in [5.74, 6) is 0.593. The van der Waals surface area contributed by atoms with E-state index < -0.39 is 0 Å². The van der Waals surface area contributed by atoms with Crippen molar-refractivity contribution in [3.63, 3.8) is 0 Å². The average molecular weight is 509 g/mol. The molecule has 37 heavy (non-hydrogen) atoms. The van der Waals surface area contributed by atoms with Crippen LogP contribution in [0, 0.1) is 0 Å². The number of nitrogens with one attached hydrogen (secondary N) is 1. The van der Waals surface area contributed by atoms with Gasteiger partial charge in [-0.05, 0) is 40.1 Å². The lowest BCUT2D eigenvalue weighted by Gasteiger charge is -2.11. The normalized spacial score (nSPS) is 11.2. The summed E-state index contributed by atoms with van der Waals surface area (Å²) in [6.07, 6.45) is 1.57. The molecule has 0 unspecified atom stereocenters. The van der Waals surface area contributed by atoms with E-state index in [9.17, 15) is 4.79 Å². The molecule has 0 radical (unpaired) electrons. The number of carbonyl (C=O) groups excluding carboxylic acids is 1. The maximum Gasteiger partial charge on any atom is 0.302 e. The van der Waals surface area contributed by atoms with Gasteiger partial charge in [-0.1, -0.05) is 59.3 Å². The van der Waals surface area contributed by atoms with Crippen molar-refractivity contribution in [3.8, 4) is 28.1 Å². The highest BCUT2D eigenvalue weighted by atomic mass is 32.1. The van der Waals surface area contributed by atoms with E-state index in [1.54, 1.807) is 20.4 Å². The molecule has 0 bridgehead atoms. The molecule has 0 spiro atoms. The third-order valence-corrected chi connectivity index (χ3v) is 7.28. The number of hydrogen-bond acceptors (Lipinski definition) is 7. The van der Waals surface area contributed by atoms with E-state index in [1.165, 1.54) is 16.0 Å². The van der Waals surface area contributed by atoms with E-state index >= 15 is 0 Å². The summed E-state index contributed by atoms with van der Waals surface area (Å²) >= 11 is 1.25. The van der Waals surface area contributed by atoms with Crippen molar-refractivity contribution in [2.75, 3.05) is 18.2 Å². The molecule has 6 rings (SSSR count). The molecule has 0 atom stereocenters. The number of nitrogens with zero attached hydrogens (tertiary/aromatic N) is 3. The van der Waals surface area contributed by atoms with Crippen molar-refractivity contribution < 1.29 is 18.7 Å². The van der Waals surface area contributed by atoms with Crippen molar-refractivity contribution in [2.24, 2.45) is 7.05 Å². The van der Waals surface area contributed by atoms with Crippen LogP contribution in [0.3, 0.4) is 0 Å². The Morgan fingerprint density at radius 1 is 1.05 bits per heavy atom. The van der Waals surface area contributed by atoms with Crippen LogP contribution >= 0.6 is 11.3 Å². The Hall–Kier alpha value is -4.76. The molecule has 3 heterocycles. The smallest absolute Gasteiger partial charge is 0.302 e. The first-order valence-electron chi connectivity index (χ1n) is 11.5. The molecule has 0 aliphatic carbocycles. The highest BCUT2D eigenvalue weighted by molar-refractivity contribution is 7.21. The zero-order valence-corrected chi connectivity index (χ0v) is 20.9. The van der Waals surface area contributed by atoms with Gasteiger partial charge in [0, 0.05) is 10.9 Å². The molecule has 182 valence electrons. The second-order valence-corrected chi connectivity index (χ2v) is 9.53. The lowest BCUT2D eigenvalue weighted by atomic mass is 9.97. The molecular formula is C28H22N5O3S+. The second kappa shape index (κ2) is 9.03. The molecule has 0 aliphatic rings. The number of amides is 1. The van der Waals surface area contributed by atoms with Crippen molar-refractivity contribution in [2.45, 2.75) is 0 Å². The van der Waals surface area contributed by atoms with Crippen LogP contribution in [-0.4, -0.2) is 23.3 Å². The van der Waals surface area contributed by atoms with Crippen LogP contribution in [0.5, 0.6) is 5.75 Å². The Balaban J connectivity index is 1.56. The predicted octanol–water partition coefficient (Wildman–Crippen LogP) is 5.44. The van der Waals surface area contributed by atoms with Crippen LogP contribution in [0.4, 0.5) is 11.6 Å².